The average molecular weight is 257 g/mol. The highest BCUT2D eigenvalue weighted by Crippen LogP contribution is 2.52. The van der Waals surface area contributed by atoms with Gasteiger partial charge in [-0.3, -0.25) is 19.7 Å². The predicted molar refractivity (Wildman–Crippen MR) is 62.3 cm³/mol. The number of esters is 1. The molecule has 1 saturated carbocycles. The van der Waals surface area contributed by atoms with Gasteiger partial charge in [0, 0.05) is 12.2 Å². The zero-order valence-corrected chi connectivity index (χ0v) is 10.5. The molecule has 2 aliphatic rings. The normalized spacial score (nSPS) is 25.6. The molecule has 0 bridgehead atoms. The summed E-state index contributed by atoms with van der Waals surface area (Å²) in [6.07, 6.45) is 2.67. The van der Waals surface area contributed by atoms with Crippen LogP contribution in [0.4, 0.5) is 0 Å². The average Bonchev–Trinajstić information content (AvgIpc) is 2.96. The van der Waals surface area contributed by atoms with Crippen molar-refractivity contribution in [3.8, 4) is 0 Å². The van der Waals surface area contributed by atoms with Crippen LogP contribution in [0, 0.1) is 5.41 Å². The monoisotopic (exact) mass is 257 g/mol. The molecule has 1 saturated heterocycles. The first-order valence-corrected chi connectivity index (χ1v) is 6.62. The Morgan fingerprint density at radius 1 is 1.53 bits per heavy atom. The largest absolute Gasteiger partial charge is 0.469 e. The zero-order valence-electron chi connectivity index (χ0n) is 9.65. The van der Waals surface area contributed by atoms with Gasteiger partial charge in [-0.2, -0.15) is 0 Å². The molecule has 1 heterocycles. The lowest BCUT2D eigenvalue weighted by atomic mass is 10.1. The number of rotatable bonds is 5. The lowest BCUT2D eigenvalue weighted by Crippen LogP contribution is -2.24. The highest BCUT2D eigenvalue weighted by atomic mass is 32.2. The Labute approximate surface area is 104 Å². The summed E-state index contributed by atoms with van der Waals surface area (Å²) in [5.74, 6) is 0.141. The highest BCUT2D eigenvalue weighted by molar-refractivity contribution is 8.00. The number of imide groups is 1. The van der Waals surface area contributed by atoms with Gasteiger partial charge in [-0.05, 0) is 18.3 Å². The van der Waals surface area contributed by atoms with Crippen LogP contribution in [0.3, 0.4) is 0 Å². The van der Waals surface area contributed by atoms with Gasteiger partial charge in [0.2, 0.25) is 11.8 Å². The number of hydrogen-bond acceptors (Lipinski definition) is 5. The van der Waals surface area contributed by atoms with E-state index >= 15 is 0 Å². The Morgan fingerprint density at radius 3 is 2.71 bits per heavy atom. The smallest absolute Gasteiger partial charge is 0.306 e. The van der Waals surface area contributed by atoms with Gasteiger partial charge < -0.3 is 4.74 Å². The van der Waals surface area contributed by atoms with Crippen LogP contribution in [0.25, 0.3) is 0 Å². The molecule has 0 radical (unpaired) electrons. The van der Waals surface area contributed by atoms with Crippen LogP contribution in [0.15, 0.2) is 0 Å². The fourth-order valence-corrected chi connectivity index (χ4v) is 3.29. The molecule has 1 aliphatic carbocycles. The molecule has 6 heteroatoms. The van der Waals surface area contributed by atoms with E-state index in [0.717, 1.165) is 18.6 Å². The number of carbonyl (C=O) groups excluding carboxylic acids is 3. The van der Waals surface area contributed by atoms with Gasteiger partial charge in [0.05, 0.1) is 18.8 Å². The molecule has 2 amide bonds. The van der Waals surface area contributed by atoms with Crippen molar-refractivity contribution < 1.29 is 19.1 Å². The van der Waals surface area contributed by atoms with Crippen LogP contribution in [0.2, 0.25) is 0 Å². The van der Waals surface area contributed by atoms with Gasteiger partial charge in [0.25, 0.3) is 0 Å². The quantitative estimate of drug-likeness (QED) is 0.573. The van der Waals surface area contributed by atoms with E-state index < -0.39 is 0 Å². The molecule has 1 unspecified atom stereocenters. The second-order valence-electron chi connectivity index (χ2n) is 4.67. The van der Waals surface area contributed by atoms with Crippen molar-refractivity contribution in [2.75, 3.05) is 12.9 Å². The molecule has 0 aromatic heterocycles. The van der Waals surface area contributed by atoms with Crippen LogP contribution in [0.1, 0.15) is 25.7 Å². The number of thioether (sulfide) groups is 1. The van der Waals surface area contributed by atoms with E-state index in [4.69, 9.17) is 0 Å². The van der Waals surface area contributed by atoms with Crippen molar-refractivity contribution in [3.05, 3.63) is 0 Å². The molecule has 0 spiro atoms. The van der Waals surface area contributed by atoms with E-state index in [2.05, 4.69) is 10.1 Å². The lowest BCUT2D eigenvalue weighted by molar-refractivity contribution is -0.141. The van der Waals surface area contributed by atoms with Gasteiger partial charge in [-0.15, -0.1) is 11.8 Å². The number of carbonyl (C=O) groups is 3. The Balaban J connectivity index is 1.80. The van der Waals surface area contributed by atoms with Crippen molar-refractivity contribution in [1.82, 2.24) is 5.32 Å². The van der Waals surface area contributed by atoms with Crippen molar-refractivity contribution in [2.45, 2.75) is 30.9 Å². The molecule has 1 atom stereocenters. The molecule has 17 heavy (non-hydrogen) atoms. The standard InChI is InChI=1S/C11H15NO4S/c1-16-9(14)5-11(2-3-11)6-17-7-4-8(13)12-10(7)15/h7H,2-6H2,1H3,(H,12,13,15). The molecule has 94 valence electrons. The second-order valence-corrected chi connectivity index (χ2v) is 5.86. The first-order chi connectivity index (χ1) is 8.04. The minimum Gasteiger partial charge on any atom is -0.469 e. The third kappa shape index (κ3) is 3.00. The minimum atomic E-state index is -0.280. The summed E-state index contributed by atoms with van der Waals surface area (Å²) in [4.78, 5) is 33.6. The maximum Gasteiger partial charge on any atom is 0.306 e. The third-order valence-corrected chi connectivity index (χ3v) is 4.78. The molecule has 0 aromatic carbocycles. The van der Waals surface area contributed by atoms with Gasteiger partial charge in [0.15, 0.2) is 0 Å². The van der Waals surface area contributed by atoms with Crippen molar-refractivity contribution in [2.24, 2.45) is 5.41 Å². The number of ether oxygens (including phenoxy) is 1. The number of methoxy groups -OCH3 is 1. The molecular formula is C11H15NO4S. The van der Waals surface area contributed by atoms with Crippen LogP contribution in [-0.4, -0.2) is 35.9 Å². The molecule has 1 aliphatic heterocycles. The van der Waals surface area contributed by atoms with E-state index in [1.165, 1.54) is 18.9 Å². The molecule has 0 aromatic rings. The molecule has 5 nitrogen and oxygen atoms in total. The van der Waals surface area contributed by atoms with Crippen LogP contribution >= 0.6 is 11.8 Å². The summed E-state index contributed by atoms with van der Waals surface area (Å²) in [6, 6.07) is 0. The van der Waals surface area contributed by atoms with E-state index in [1.807, 2.05) is 0 Å². The van der Waals surface area contributed by atoms with Crippen molar-refractivity contribution >= 4 is 29.5 Å². The Hall–Kier alpha value is -1.04. The predicted octanol–water partition coefficient (Wildman–Crippen LogP) is 0.478. The van der Waals surface area contributed by atoms with Crippen LogP contribution < -0.4 is 5.32 Å². The first kappa shape index (κ1) is 12.4. The maximum absolute atomic E-state index is 11.4. The minimum absolute atomic E-state index is 0.00365. The SMILES string of the molecule is COC(=O)CC1(CSC2CC(=O)NC2=O)CC1. The summed E-state index contributed by atoms with van der Waals surface area (Å²) in [5.41, 5.74) is 0.00365. The van der Waals surface area contributed by atoms with Gasteiger partial charge in [-0.25, -0.2) is 0 Å². The number of amides is 2. The topological polar surface area (TPSA) is 72.5 Å². The molecule has 2 rings (SSSR count). The van der Waals surface area contributed by atoms with E-state index in [9.17, 15) is 14.4 Å². The second kappa shape index (κ2) is 4.68. The first-order valence-electron chi connectivity index (χ1n) is 5.57. The summed E-state index contributed by atoms with van der Waals surface area (Å²) in [7, 11) is 1.38. The third-order valence-electron chi connectivity index (χ3n) is 3.22. The van der Waals surface area contributed by atoms with Gasteiger partial charge in [-0.1, -0.05) is 0 Å². The van der Waals surface area contributed by atoms with E-state index in [0.29, 0.717) is 6.42 Å². The fourth-order valence-electron chi connectivity index (χ4n) is 1.87. The van der Waals surface area contributed by atoms with Gasteiger partial charge in [0.1, 0.15) is 0 Å². The summed E-state index contributed by atoms with van der Waals surface area (Å²) >= 11 is 1.48. The summed E-state index contributed by atoms with van der Waals surface area (Å²) in [6.45, 7) is 0. The Morgan fingerprint density at radius 2 is 2.24 bits per heavy atom. The Bertz CT molecular complexity index is 364. The molecular weight excluding hydrogens is 242 g/mol. The number of nitrogens with one attached hydrogen (secondary N) is 1. The lowest BCUT2D eigenvalue weighted by Gasteiger charge is -2.14. The molecule has 1 N–H and O–H groups in total. The Kier molecular flexibility index (Phi) is 3.42. The van der Waals surface area contributed by atoms with Gasteiger partial charge >= 0.3 is 5.97 Å². The zero-order chi connectivity index (χ0) is 12.5. The van der Waals surface area contributed by atoms with Crippen molar-refractivity contribution in [3.63, 3.8) is 0 Å². The fraction of sp³-hybridized carbons (Fsp3) is 0.727. The summed E-state index contributed by atoms with van der Waals surface area (Å²) in [5, 5.41) is 2.01. The maximum atomic E-state index is 11.4. The van der Waals surface area contributed by atoms with E-state index in [1.54, 1.807) is 0 Å². The van der Waals surface area contributed by atoms with Crippen LogP contribution in [0.5, 0.6) is 0 Å². The molecule has 2 fully saturated rings. The van der Waals surface area contributed by atoms with Crippen molar-refractivity contribution in [1.29, 1.82) is 0 Å². The van der Waals surface area contributed by atoms with E-state index in [-0.39, 0.29) is 34.9 Å². The summed E-state index contributed by atoms with van der Waals surface area (Å²) < 4.78 is 4.65. The van der Waals surface area contributed by atoms with Crippen LogP contribution in [-0.2, 0) is 19.1 Å². The number of hydrogen-bond donors (Lipinski definition) is 1. The highest BCUT2D eigenvalue weighted by Gasteiger charge is 2.46.